The highest BCUT2D eigenvalue weighted by molar-refractivity contribution is 5.98. The Bertz CT molecular complexity index is 1820. The summed E-state index contributed by atoms with van der Waals surface area (Å²) in [6.45, 7) is 1.69. The first-order valence-electron chi connectivity index (χ1n) is 13.6. The average Bonchev–Trinajstić information content (AvgIpc) is 3.73. The molecule has 6 aromatic rings. The lowest BCUT2D eigenvalue weighted by Crippen LogP contribution is -2.20. The van der Waals surface area contributed by atoms with Gasteiger partial charge >= 0.3 is 0 Å². The number of halogens is 2. The third kappa shape index (κ3) is 4.52. The summed E-state index contributed by atoms with van der Waals surface area (Å²) in [5, 5.41) is 11.2. The Balaban J connectivity index is 1.23. The lowest BCUT2D eigenvalue weighted by molar-refractivity contribution is 0.489. The quantitative estimate of drug-likeness (QED) is 0.209. The Morgan fingerprint density at radius 2 is 1.75 bits per heavy atom. The van der Waals surface area contributed by atoms with Gasteiger partial charge in [-0.05, 0) is 79.4 Å². The van der Waals surface area contributed by atoms with Crippen molar-refractivity contribution in [2.75, 3.05) is 6.54 Å². The zero-order valence-electron chi connectivity index (χ0n) is 21.7. The van der Waals surface area contributed by atoms with Crippen LogP contribution in [0.15, 0.2) is 67.1 Å². The van der Waals surface area contributed by atoms with E-state index in [4.69, 9.17) is 4.98 Å². The molecule has 4 heterocycles. The van der Waals surface area contributed by atoms with Crippen LogP contribution in [0.3, 0.4) is 0 Å². The maximum Gasteiger partial charge on any atom is 0.159 e. The Morgan fingerprint density at radius 1 is 0.900 bits per heavy atom. The molecule has 0 saturated heterocycles. The minimum absolute atomic E-state index is 0.325. The van der Waals surface area contributed by atoms with Gasteiger partial charge in [-0.2, -0.15) is 5.10 Å². The highest BCUT2D eigenvalue weighted by Gasteiger charge is 2.21. The minimum atomic E-state index is -0.392. The predicted molar refractivity (Wildman–Crippen MR) is 151 cm³/mol. The van der Waals surface area contributed by atoms with Gasteiger partial charge in [0.25, 0.3) is 0 Å². The molecule has 40 heavy (non-hydrogen) atoms. The van der Waals surface area contributed by atoms with E-state index in [0.717, 1.165) is 29.1 Å². The average molecular weight is 536 g/mol. The first kappa shape index (κ1) is 24.5. The molecule has 0 atom stereocenters. The summed E-state index contributed by atoms with van der Waals surface area (Å²) in [5.74, 6) is 0.443. The number of benzene rings is 2. The summed E-state index contributed by atoms with van der Waals surface area (Å²) in [5.41, 5.74) is 5.76. The fourth-order valence-corrected chi connectivity index (χ4v) is 5.70. The molecular weight excluding hydrogens is 508 g/mol. The molecule has 3 N–H and O–H groups in total. The first-order valence-corrected chi connectivity index (χ1v) is 13.6. The second kappa shape index (κ2) is 10.2. The van der Waals surface area contributed by atoms with E-state index < -0.39 is 5.82 Å². The van der Waals surface area contributed by atoms with Gasteiger partial charge in [0.1, 0.15) is 22.8 Å². The predicted octanol–water partition coefficient (Wildman–Crippen LogP) is 6.79. The second-order valence-corrected chi connectivity index (χ2v) is 10.4. The molecule has 9 heteroatoms. The van der Waals surface area contributed by atoms with Crippen LogP contribution < -0.4 is 5.32 Å². The number of rotatable bonds is 7. The van der Waals surface area contributed by atoms with Crippen molar-refractivity contribution in [1.82, 2.24) is 35.5 Å². The van der Waals surface area contributed by atoms with Crippen LogP contribution in [0.25, 0.3) is 55.8 Å². The van der Waals surface area contributed by atoms with Gasteiger partial charge in [0.2, 0.25) is 0 Å². The molecule has 4 aromatic heterocycles. The number of pyridine rings is 2. The smallest absolute Gasteiger partial charge is 0.159 e. The molecule has 200 valence electrons. The van der Waals surface area contributed by atoms with Gasteiger partial charge in [-0.25, -0.2) is 13.8 Å². The number of H-pyrrole nitrogens is 2. The van der Waals surface area contributed by atoms with Crippen molar-refractivity contribution >= 4 is 21.9 Å². The summed E-state index contributed by atoms with van der Waals surface area (Å²) in [6.07, 6.45) is 10.4. The lowest BCUT2D eigenvalue weighted by Gasteiger charge is -2.11. The molecule has 0 amide bonds. The molecule has 7 rings (SSSR count). The number of fused-ring (bicyclic) bond motifs is 2. The van der Waals surface area contributed by atoms with Crippen molar-refractivity contribution in [2.24, 2.45) is 5.92 Å². The lowest BCUT2D eigenvalue weighted by atomic mass is 10.0. The minimum Gasteiger partial charge on any atom is -0.336 e. The van der Waals surface area contributed by atoms with Crippen LogP contribution in [0.5, 0.6) is 0 Å². The zero-order chi connectivity index (χ0) is 27.1. The van der Waals surface area contributed by atoms with E-state index in [0.29, 0.717) is 51.3 Å². The number of aromatic amines is 2. The van der Waals surface area contributed by atoms with Gasteiger partial charge in [0, 0.05) is 41.8 Å². The first-order chi connectivity index (χ1) is 19.6. The second-order valence-electron chi connectivity index (χ2n) is 10.4. The molecule has 0 bridgehead atoms. The van der Waals surface area contributed by atoms with E-state index in [-0.39, 0.29) is 5.82 Å². The van der Waals surface area contributed by atoms with Crippen molar-refractivity contribution in [1.29, 1.82) is 0 Å². The van der Waals surface area contributed by atoms with Gasteiger partial charge in [0.15, 0.2) is 5.82 Å². The van der Waals surface area contributed by atoms with E-state index in [1.807, 2.05) is 18.3 Å². The monoisotopic (exact) mass is 535 g/mol. The van der Waals surface area contributed by atoms with Crippen molar-refractivity contribution in [2.45, 2.75) is 32.2 Å². The van der Waals surface area contributed by atoms with Crippen LogP contribution >= 0.6 is 0 Å². The van der Waals surface area contributed by atoms with Gasteiger partial charge in [-0.15, -0.1) is 0 Å². The molecule has 0 spiro atoms. The van der Waals surface area contributed by atoms with Gasteiger partial charge in [-0.3, -0.25) is 15.1 Å². The van der Waals surface area contributed by atoms with Crippen LogP contribution in [-0.2, 0) is 6.54 Å². The van der Waals surface area contributed by atoms with E-state index in [1.54, 1.807) is 36.7 Å². The Kier molecular flexibility index (Phi) is 6.28. The molecule has 1 aliphatic rings. The van der Waals surface area contributed by atoms with Gasteiger partial charge in [-0.1, -0.05) is 12.8 Å². The summed E-state index contributed by atoms with van der Waals surface area (Å²) in [7, 11) is 0. The summed E-state index contributed by atoms with van der Waals surface area (Å²) in [4.78, 5) is 16.9. The molecule has 7 nitrogen and oxygen atoms in total. The van der Waals surface area contributed by atoms with E-state index in [9.17, 15) is 4.39 Å². The van der Waals surface area contributed by atoms with Gasteiger partial charge in [0.05, 0.1) is 22.1 Å². The highest BCUT2D eigenvalue weighted by Crippen LogP contribution is 2.35. The largest absolute Gasteiger partial charge is 0.336 e. The van der Waals surface area contributed by atoms with E-state index in [2.05, 4.69) is 30.5 Å². The van der Waals surface area contributed by atoms with E-state index >= 15 is 4.39 Å². The molecule has 0 radical (unpaired) electrons. The van der Waals surface area contributed by atoms with Crippen molar-refractivity contribution in [3.8, 4) is 33.9 Å². The van der Waals surface area contributed by atoms with Crippen molar-refractivity contribution < 1.29 is 8.78 Å². The fraction of sp³-hybridized carbons (Fsp3) is 0.226. The SMILES string of the molecule is Fc1ccc(-c2nccc3[nH]c(-c4n[nH]c5ccc(-c6cncc(CNCC7CCCC7)c6)c(F)c45)nc23)cc1. The van der Waals surface area contributed by atoms with Crippen LogP contribution in [0, 0.1) is 17.6 Å². The van der Waals surface area contributed by atoms with Crippen LogP contribution in [0.2, 0.25) is 0 Å². The molecule has 1 saturated carbocycles. The molecule has 0 aliphatic heterocycles. The topological polar surface area (TPSA) is 95.2 Å². The number of aromatic nitrogens is 6. The maximum atomic E-state index is 16.2. The van der Waals surface area contributed by atoms with Crippen molar-refractivity contribution in [3.63, 3.8) is 0 Å². The highest BCUT2D eigenvalue weighted by atomic mass is 19.1. The van der Waals surface area contributed by atoms with Crippen molar-refractivity contribution in [3.05, 3.63) is 84.3 Å². The van der Waals surface area contributed by atoms with Crippen LogP contribution in [0.4, 0.5) is 8.78 Å². The Hall–Kier alpha value is -4.50. The maximum absolute atomic E-state index is 16.2. The van der Waals surface area contributed by atoms with Crippen LogP contribution in [-0.4, -0.2) is 36.7 Å². The fourth-order valence-electron chi connectivity index (χ4n) is 5.70. The standard InChI is InChI=1S/C31H27F2N7/c32-22-7-5-20(6-8-22)28-29-25(11-12-36-28)37-31(38-29)30-26-24(39-40-30)10-9-23(27(26)33)21-13-19(16-35-17-21)15-34-14-18-3-1-2-4-18/h5-13,16-18,34H,1-4,14-15H2,(H,37,38)(H,39,40). The normalized spacial score (nSPS) is 14.1. The summed E-state index contributed by atoms with van der Waals surface area (Å²) < 4.78 is 29.7. The Morgan fingerprint density at radius 3 is 2.60 bits per heavy atom. The Labute approximate surface area is 229 Å². The number of nitrogens with one attached hydrogen (secondary N) is 3. The van der Waals surface area contributed by atoms with Gasteiger partial charge < -0.3 is 10.3 Å². The molecule has 2 aromatic carbocycles. The molecular formula is C31H27F2N7. The zero-order valence-corrected chi connectivity index (χ0v) is 21.7. The number of imidazole rings is 1. The molecule has 0 unspecified atom stereocenters. The number of nitrogens with zero attached hydrogens (tertiary/aromatic N) is 4. The molecule has 1 fully saturated rings. The number of hydrogen-bond donors (Lipinski definition) is 3. The summed E-state index contributed by atoms with van der Waals surface area (Å²) in [6, 6.07) is 13.5. The third-order valence-corrected chi connectivity index (χ3v) is 7.75. The van der Waals surface area contributed by atoms with Crippen LogP contribution in [0.1, 0.15) is 31.2 Å². The molecule has 1 aliphatic carbocycles. The summed E-state index contributed by atoms with van der Waals surface area (Å²) >= 11 is 0. The van der Waals surface area contributed by atoms with E-state index in [1.165, 1.54) is 37.8 Å². The number of hydrogen-bond acceptors (Lipinski definition) is 5. The third-order valence-electron chi connectivity index (χ3n) is 7.75.